The maximum Gasteiger partial charge on any atom is 0.256 e. The minimum Gasteiger partial charge on any atom is -0.347 e. The summed E-state index contributed by atoms with van der Waals surface area (Å²) >= 11 is 3.51. The number of hydrogen-bond acceptors (Lipinski definition) is 1. The smallest absolute Gasteiger partial charge is 0.256 e. The summed E-state index contributed by atoms with van der Waals surface area (Å²) in [4.78, 5) is 14.8. The van der Waals surface area contributed by atoms with Crippen molar-refractivity contribution in [1.29, 1.82) is 0 Å². The highest BCUT2D eigenvalue weighted by Gasteiger charge is 2.28. The van der Waals surface area contributed by atoms with E-state index in [1.165, 1.54) is 0 Å². The van der Waals surface area contributed by atoms with Crippen molar-refractivity contribution in [3.63, 3.8) is 0 Å². The monoisotopic (exact) mass is 334 g/mol. The van der Waals surface area contributed by atoms with E-state index in [0.717, 1.165) is 46.9 Å². The van der Waals surface area contributed by atoms with E-state index in [-0.39, 0.29) is 5.91 Å². The third kappa shape index (κ3) is 2.16. The van der Waals surface area contributed by atoms with Gasteiger partial charge in [-0.1, -0.05) is 22.0 Å². The average Bonchev–Trinajstić information content (AvgIpc) is 3.01. The summed E-state index contributed by atoms with van der Waals surface area (Å²) in [5.41, 5.74) is 1.96. The second-order valence-corrected chi connectivity index (χ2v) is 6.40. The molecule has 20 heavy (non-hydrogen) atoms. The van der Waals surface area contributed by atoms with Gasteiger partial charge in [-0.2, -0.15) is 0 Å². The number of amides is 1. The van der Waals surface area contributed by atoms with Gasteiger partial charge < -0.3 is 9.47 Å². The molecule has 3 rings (SSSR count). The molecule has 0 unspecified atom stereocenters. The van der Waals surface area contributed by atoms with Crippen LogP contribution in [0.3, 0.4) is 0 Å². The van der Waals surface area contributed by atoms with Gasteiger partial charge in [0.2, 0.25) is 0 Å². The first-order valence-corrected chi connectivity index (χ1v) is 8.00. The van der Waals surface area contributed by atoms with Crippen LogP contribution in [0.2, 0.25) is 0 Å². The van der Waals surface area contributed by atoms with E-state index in [2.05, 4.69) is 40.4 Å². The SMILES string of the molecule is CCn1cc(C(=O)N2CCC[C@@H]2C)c2ccc(Br)cc21. The number of aromatic nitrogens is 1. The van der Waals surface area contributed by atoms with Gasteiger partial charge >= 0.3 is 0 Å². The largest absolute Gasteiger partial charge is 0.347 e. The molecule has 2 aromatic rings. The molecule has 1 aliphatic rings. The highest BCUT2D eigenvalue weighted by molar-refractivity contribution is 9.10. The number of rotatable bonds is 2. The summed E-state index contributed by atoms with van der Waals surface area (Å²) in [6.07, 6.45) is 4.24. The van der Waals surface area contributed by atoms with E-state index in [1.807, 2.05) is 23.2 Å². The molecule has 1 amide bonds. The van der Waals surface area contributed by atoms with Gasteiger partial charge in [0, 0.05) is 40.7 Å². The molecule has 0 radical (unpaired) electrons. The molecule has 0 aliphatic carbocycles. The Hall–Kier alpha value is -1.29. The molecule has 1 aromatic carbocycles. The van der Waals surface area contributed by atoms with E-state index < -0.39 is 0 Å². The molecular weight excluding hydrogens is 316 g/mol. The van der Waals surface area contributed by atoms with Crippen molar-refractivity contribution in [3.05, 3.63) is 34.4 Å². The van der Waals surface area contributed by atoms with Crippen LogP contribution in [0.25, 0.3) is 10.9 Å². The van der Waals surface area contributed by atoms with Crippen LogP contribution in [-0.4, -0.2) is 28.0 Å². The van der Waals surface area contributed by atoms with Gasteiger partial charge in [-0.15, -0.1) is 0 Å². The lowest BCUT2D eigenvalue weighted by Gasteiger charge is -2.21. The molecule has 3 nitrogen and oxygen atoms in total. The maximum absolute atomic E-state index is 12.8. The fourth-order valence-electron chi connectivity index (χ4n) is 3.09. The molecule has 0 spiro atoms. The first kappa shape index (κ1) is 13.7. The molecular formula is C16H19BrN2O. The van der Waals surface area contributed by atoms with E-state index in [4.69, 9.17) is 0 Å². The average molecular weight is 335 g/mol. The van der Waals surface area contributed by atoms with E-state index in [0.29, 0.717) is 6.04 Å². The number of carbonyl (C=O) groups excluding carboxylic acids is 1. The topological polar surface area (TPSA) is 25.2 Å². The zero-order valence-electron chi connectivity index (χ0n) is 11.9. The summed E-state index contributed by atoms with van der Waals surface area (Å²) in [7, 11) is 0. The predicted octanol–water partition coefficient (Wildman–Crippen LogP) is 4.05. The van der Waals surface area contributed by atoms with Crippen LogP contribution in [0, 0.1) is 0 Å². The van der Waals surface area contributed by atoms with Gasteiger partial charge in [-0.25, -0.2) is 0 Å². The summed E-state index contributed by atoms with van der Waals surface area (Å²) in [5.74, 6) is 0.175. The molecule has 1 aromatic heterocycles. The zero-order valence-corrected chi connectivity index (χ0v) is 13.5. The Morgan fingerprint density at radius 1 is 1.45 bits per heavy atom. The second kappa shape index (κ2) is 5.24. The molecule has 1 aliphatic heterocycles. The van der Waals surface area contributed by atoms with Gasteiger partial charge in [-0.3, -0.25) is 4.79 Å². The molecule has 0 N–H and O–H groups in total. The Balaban J connectivity index is 2.09. The summed E-state index contributed by atoms with van der Waals surface area (Å²) < 4.78 is 3.19. The van der Waals surface area contributed by atoms with Crippen molar-refractivity contribution < 1.29 is 4.79 Å². The van der Waals surface area contributed by atoms with Crippen LogP contribution < -0.4 is 0 Å². The van der Waals surface area contributed by atoms with Crippen LogP contribution in [0.1, 0.15) is 37.0 Å². The van der Waals surface area contributed by atoms with Crippen molar-refractivity contribution in [2.45, 2.75) is 39.3 Å². The van der Waals surface area contributed by atoms with E-state index in [9.17, 15) is 4.79 Å². The molecule has 1 fully saturated rings. The Kier molecular flexibility index (Phi) is 3.59. The Labute approximate surface area is 127 Å². The van der Waals surface area contributed by atoms with Crippen LogP contribution in [-0.2, 0) is 6.54 Å². The maximum atomic E-state index is 12.8. The number of hydrogen-bond donors (Lipinski definition) is 0. The number of nitrogens with zero attached hydrogens (tertiary/aromatic N) is 2. The lowest BCUT2D eigenvalue weighted by atomic mass is 10.1. The lowest BCUT2D eigenvalue weighted by Crippen LogP contribution is -2.33. The van der Waals surface area contributed by atoms with Crippen LogP contribution in [0.4, 0.5) is 0 Å². The third-order valence-electron chi connectivity index (χ3n) is 4.23. The minimum absolute atomic E-state index is 0.175. The van der Waals surface area contributed by atoms with Crippen molar-refractivity contribution in [2.24, 2.45) is 0 Å². The number of aryl methyl sites for hydroxylation is 1. The van der Waals surface area contributed by atoms with E-state index in [1.54, 1.807) is 0 Å². The molecule has 4 heteroatoms. The predicted molar refractivity (Wildman–Crippen MR) is 85.0 cm³/mol. The number of carbonyl (C=O) groups is 1. The number of fused-ring (bicyclic) bond motifs is 1. The highest BCUT2D eigenvalue weighted by atomic mass is 79.9. The molecule has 106 valence electrons. The van der Waals surface area contributed by atoms with Crippen LogP contribution in [0.15, 0.2) is 28.9 Å². The van der Waals surface area contributed by atoms with E-state index >= 15 is 0 Å². The van der Waals surface area contributed by atoms with Gasteiger partial charge in [0.05, 0.1) is 5.56 Å². The fourth-order valence-corrected chi connectivity index (χ4v) is 3.44. The zero-order chi connectivity index (χ0) is 14.3. The van der Waals surface area contributed by atoms with Crippen LogP contribution in [0.5, 0.6) is 0 Å². The first-order valence-electron chi connectivity index (χ1n) is 7.21. The molecule has 1 atom stereocenters. The standard InChI is InChI=1S/C16H19BrN2O/c1-3-18-10-14(13-7-6-12(17)9-15(13)18)16(20)19-8-4-5-11(19)2/h6-7,9-11H,3-5,8H2,1-2H3/t11-/m0/s1. The van der Waals surface area contributed by atoms with Crippen molar-refractivity contribution in [1.82, 2.24) is 9.47 Å². The fraction of sp³-hybridized carbons (Fsp3) is 0.438. The normalized spacial score (nSPS) is 18.9. The van der Waals surface area contributed by atoms with Gasteiger partial charge in [0.25, 0.3) is 5.91 Å². The summed E-state index contributed by atoms with van der Waals surface area (Å²) in [5, 5.41) is 1.05. The Morgan fingerprint density at radius 3 is 2.90 bits per heavy atom. The molecule has 0 saturated carbocycles. The summed E-state index contributed by atoms with van der Waals surface area (Å²) in [6.45, 7) is 6.00. The number of benzene rings is 1. The van der Waals surface area contributed by atoms with Crippen molar-refractivity contribution >= 4 is 32.7 Å². The quantitative estimate of drug-likeness (QED) is 0.813. The summed E-state index contributed by atoms with van der Waals surface area (Å²) in [6, 6.07) is 6.49. The van der Waals surface area contributed by atoms with Crippen molar-refractivity contribution in [3.8, 4) is 0 Å². The lowest BCUT2D eigenvalue weighted by molar-refractivity contribution is 0.0749. The molecule has 1 saturated heterocycles. The Bertz CT molecular complexity index is 662. The van der Waals surface area contributed by atoms with Crippen molar-refractivity contribution in [2.75, 3.05) is 6.54 Å². The third-order valence-corrected chi connectivity index (χ3v) is 4.72. The molecule has 0 bridgehead atoms. The van der Waals surface area contributed by atoms with Gasteiger partial charge in [0.1, 0.15) is 0 Å². The van der Waals surface area contributed by atoms with Gasteiger partial charge in [-0.05, 0) is 38.8 Å². The first-order chi connectivity index (χ1) is 9.61. The number of halogens is 1. The number of likely N-dealkylation sites (tertiary alicyclic amines) is 1. The van der Waals surface area contributed by atoms with Gasteiger partial charge in [0.15, 0.2) is 0 Å². The molecule has 2 heterocycles. The highest BCUT2D eigenvalue weighted by Crippen LogP contribution is 2.28. The Morgan fingerprint density at radius 2 is 2.25 bits per heavy atom. The minimum atomic E-state index is 0.175. The second-order valence-electron chi connectivity index (χ2n) is 5.48. The van der Waals surface area contributed by atoms with Crippen LogP contribution >= 0.6 is 15.9 Å².